The number of halogens is 2. The van der Waals surface area contributed by atoms with Crippen LogP contribution in [0.25, 0.3) is 0 Å². The summed E-state index contributed by atoms with van der Waals surface area (Å²) in [5.74, 6) is -0.639. The van der Waals surface area contributed by atoms with Gasteiger partial charge in [0.1, 0.15) is 5.69 Å². The zero-order chi connectivity index (χ0) is 19.4. The summed E-state index contributed by atoms with van der Waals surface area (Å²) in [7, 11) is 1.57. The van der Waals surface area contributed by atoms with Gasteiger partial charge in [0, 0.05) is 37.7 Å². The highest BCUT2D eigenvalue weighted by Gasteiger charge is 2.19. The van der Waals surface area contributed by atoms with Crippen LogP contribution >= 0.6 is 23.2 Å². The normalized spacial score (nSPS) is 13.5. The molecule has 1 N–H and O–H groups in total. The highest BCUT2D eigenvalue weighted by molar-refractivity contribution is 6.42. The minimum absolute atomic E-state index is 0.102. The number of pyridine rings is 1. The van der Waals surface area contributed by atoms with Gasteiger partial charge in [-0.15, -0.1) is 0 Å². The van der Waals surface area contributed by atoms with Crippen LogP contribution in [-0.2, 0) is 4.79 Å². The van der Waals surface area contributed by atoms with E-state index in [1.54, 1.807) is 37.5 Å². The summed E-state index contributed by atoms with van der Waals surface area (Å²) >= 11 is 11.8. The van der Waals surface area contributed by atoms with E-state index in [1.807, 2.05) is 6.07 Å². The van der Waals surface area contributed by atoms with Crippen molar-refractivity contribution in [3.8, 4) is 0 Å². The Labute approximate surface area is 168 Å². The quantitative estimate of drug-likeness (QED) is 0.821. The van der Waals surface area contributed by atoms with Gasteiger partial charge in [-0.3, -0.25) is 14.6 Å². The van der Waals surface area contributed by atoms with Crippen LogP contribution in [-0.4, -0.2) is 48.4 Å². The topological polar surface area (TPSA) is 65.5 Å². The van der Waals surface area contributed by atoms with E-state index in [0.29, 0.717) is 21.4 Å². The lowest BCUT2D eigenvalue weighted by Gasteiger charge is -2.20. The van der Waals surface area contributed by atoms with Crippen molar-refractivity contribution in [2.75, 3.05) is 36.9 Å². The first-order chi connectivity index (χ1) is 12.9. The highest BCUT2D eigenvalue weighted by Crippen LogP contribution is 2.25. The maximum Gasteiger partial charge on any atom is 0.272 e. The average molecular weight is 407 g/mol. The summed E-state index contributed by atoms with van der Waals surface area (Å²) in [5.41, 5.74) is 1.83. The van der Waals surface area contributed by atoms with Crippen molar-refractivity contribution in [1.29, 1.82) is 0 Å². The van der Waals surface area contributed by atoms with Crippen molar-refractivity contribution >= 4 is 46.4 Å². The van der Waals surface area contributed by atoms with E-state index < -0.39 is 0 Å². The van der Waals surface area contributed by atoms with Crippen molar-refractivity contribution in [3.63, 3.8) is 0 Å². The number of carbonyl (C=O) groups excluding carboxylic acids is 2. The summed E-state index contributed by atoms with van der Waals surface area (Å²) in [6, 6.07) is 8.49. The molecule has 1 aliphatic rings. The number of nitrogens with zero attached hydrogens (tertiary/aromatic N) is 3. The van der Waals surface area contributed by atoms with Gasteiger partial charge in [0.2, 0.25) is 5.91 Å². The molecule has 2 amide bonds. The molecule has 1 aliphatic heterocycles. The summed E-state index contributed by atoms with van der Waals surface area (Å²) in [6.07, 6.45) is 3.94. The number of likely N-dealkylation sites (N-methyl/N-ethyl adjacent to an activating group) is 1. The molecule has 6 nitrogen and oxygen atoms in total. The van der Waals surface area contributed by atoms with Gasteiger partial charge in [0.05, 0.1) is 16.6 Å². The molecule has 1 aromatic carbocycles. The number of nitrogens with one attached hydrogen (secondary N) is 1. The van der Waals surface area contributed by atoms with Crippen LogP contribution in [0.3, 0.4) is 0 Å². The predicted octanol–water partition coefficient (Wildman–Crippen LogP) is 3.70. The van der Waals surface area contributed by atoms with Crippen molar-refractivity contribution in [1.82, 2.24) is 9.88 Å². The summed E-state index contributed by atoms with van der Waals surface area (Å²) < 4.78 is 0. The molecule has 8 heteroatoms. The second kappa shape index (κ2) is 8.59. The average Bonchev–Trinajstić information content (AvgIpc) is 3.19. The van der Waals surface area contributed by atoms with Crippen molar-refractivity contribution in [2.45, 2.75) is 12.8 Å². The first-order valence-electron chi connectivity index (χ1n) is 8.65. The molecule has 0 bridgehead atoms. The number of benzene rings is 1. The molecule has 1 fully saturated rings. The lowest BCUT2D eigenvalue weighted by atomic mass is 10.2. The van der Waals surface area contributed by atoms with Gasteiger partial charge in [0.15, 0.2) is 0 Å². The Kier molecular flexibility index (Phi) is 6.19. The molecular weight excluding hydrogens is 387 g/mol. The van der Waals surface area contributed by atoms with Gasteiger partial charge >= 0.3 is 0 Å². The molecule has 142 valence electrons. The summed E-state index contributed by atoms with van der Waals surface area (Å²) in [6.45, 7) is 1.87. The fourth-order valence-corrected chi connectivity index (χ4v) is 3.26. The Balaban J connectivity index is 1.62. The first kappa shape index (κ1) is 19.5. The second-order valence-electron chi connectivity index (χ2n) is 6.43. The van der Waals surface area contributed by atoms with Gasteiger partial charge in [-0.05, 0) is 43.2 Å². The molecule has 2 aromatic rings. The van der Waals surface area contributed by atoms with Crippen LogP contribution < -0.4 is 10.2 Å². The molecule has 2 heterocycles. The van der Waals surface area contributed by atoms with E-state index in [2.05, 4.69) is 15.2 Å². The molecular formula is C19H20Cl2N4O2. The van der Waals surface area contributed by atoms with Gasteiger partial charge in [-0.1, -0.05) is 23.2 Å². The van der Waals surface area contributed by atoms with E-state index >= 15 is 0 Å². The number of carbonyl (C=O) groups is 2. The Morgan fingerprint density at radius 1 is 1.15 bits per heavy atom. The van der Waals surface area contributed by atoms with E-state index in [4.69, 9.17) is 23.2 Å². The standard InChI is InChI=1S/C19H20Cl2N4O2/c1-24(12-18(26)23-13-4-5-15(20)16(21)10-13)19(27)17-11-14(6-7-22-17)25-8-2-3-9-25/h4-7,10-11H,2-3,8-9,12H2,1H3,(H,23,26). The highest BCUT2D eigenvalue weighted by atomic mass is 35.5. The largest absolute Gasteiger partial charge is 0.371 e. The van der Waals surface area contributed by atoms with Gasteiger partial charge in [-0.2, -0.15) is 0 Å². The molecule has 27 heavy (non-hydrogen) atoms. The Morgan fingerprint density at radius 2 is 1.89 bits per heavy atom. The zero-order valence-electron chi connectivity index (χ0n) is 14.9. The van der Waals surface area contributed by atoms with Gasteiger partial charge in [-0.25, -0.2) is 0 Å². The van der Waals surface area contributed by atoms with Gasteiger partial charge in [0.25, 0.3) is 5.91 Å². The number of anilines is 2. The third-order valence-electron chi connectivity index (χ3n) is 4.36. The third-order valence-corrected chi connectivity index (χ3v) is 5.10. The molecule has 0 saturated carbocycles. The van der Waals surface area contributed by atoms with Crippen molar-refractivity contribution < 1.29 is 9.59 Å². The van der Waals surface area contributed by atoms with Crippen LogP contribution in [0.15, 0.2) is 36.5 Å². The number of hydrogen-bond donors (Lipinski definition) is 1. The third kappa shape index (κ3) is 4.90. The molecule has 0 radical (unpaired) electrons. The van der Waals surface area contributed by atoms with E-state index in [1.165, 1.54) is 4.90 Å². The van der Waals surface area contributed by atoms with E-state index in [9.17, 15) is 9.59 Å². The van der Waals surface area contributed by atoms with Crippen LogP contribution in [0, 0.1) is 0 Å². The second-order valence-corrected chi connectivity index (χ2v) is 7.25. The molecule has 1 aromatic heterocycles. The van der Waals surface area contributed by atoms with Crippen LogP contribution in [0.4, 0.5) is 11.4 Å². The smallest absolute Gasteiger partial charge is 0.272 e. The lowest BCUT2D eigenvalue weighted by molar-refractivity contribution is -0.116. The molecule has 0 spiro atoms. The summed E-state index contributed by atoms with van der Waals surface area (Å²) in [4.78, 5) is 32.6. The van der Waals surface area contributed by atoms with Gasteiger partial charge < -0.3 is 15.1 Å². The molecule has 1 saturated heterocycles. The molecule has 0 atom stereocenters. The fraction of sp³-hybridized carbons (Fsp3) is 0.316. The van der Waals surface area contributed by atoms with E-state index in [0.717, 1.165) is 31.6 Å². The number of hydrogen-bond acceptors (Lipinski definition) is 4. The van der Waals surface area contributed by atoms with Crippen molar-refractivity contribution in [2.24, 2.45) is 0 Å². The minimum Gasteiger partial charge on any atom is -0.371 e. The van der Waals surface area contributed by atoms with Crippen molar-refractivity contribution in [3.05, 3.63) is 52.3 Å². The molecule has 0 aliphatic carbocycles. The van der Waals surface area contributed by atoms with Crippen LogP contribution in [0.5, 0.6) is 0 Å². The van der Waals surface area contributed by atoms with Crippen LogP contribution in [0.2, 0.25) is 10.0 Å². The Bertz CT molecular complexity index is 853. The summed E-state index contributed by atoms with van der Waals surface area (Å²) in [5, 5.41) is 3.46. The molecule has 0 unspecified atom stereocenters. The first-order valence-corrected chi connectivity index (χ1v) is 9.41. The SMILES string of the molecule is CN(CC(=O)Nc1ccc(Cl)c(Cl)c1)C(=O)c1cc(N2CCCC2)ccn1. The number of rotatable bonds is 5. The Hall–Kier alpha value is -2.31. The predicted molar refractivity (Wildman–Crippen MR) is 108 cm³/mol. The maximum atomic E-state index is 12.6. The van der Waals surface area contributed by atoms with Crippen LogP contribution in [0.1, 0.15) is 23.3 Å². The molecule has 3 rings (SSSR count). The maximum absolute atomic E-state index is 12.6. The Morgan fingerprint density at radius 3 is 2.59 bits per heavy atom. The number of amides is 2. The monoisotopic (exact) mass is 406 g/mol. The number of aromatic nitrogens is 1. The zero-order valence-corrected chi connectivity index (χ0v) is 16.4. The fourth-order valence-electron chi connectivity index (χ4n) is 2.97. The minimum atomic E-state index is -0.333. The lowest BCUT2D eigenvalue weighted by Crippen LogP contribution is -2.35. The van der Waals surface area contributed by atoms with E-state index in [-0.39, 0.29) is 18.4 Å².